The van der Waals surface area contributed by atoms with Crippen molar-refractivity contribution in [3.8, 4) is 5.75 Å². The fourth-order valence-corrected chi connectivity index (χ4v) is 3.42. The van der Waals surface area contributed by atoms with Crippen LogP contribution >= 0.6 is 0 Å². The maximum atomic E-state index is 12.7. The van der Waals surface area contributed by atoms with Crippen LogP contribution in [-0.2, 0) is 42.9 Å². The van der Waals surface area contributed by atoms with Gasteiger partial charge in [0.2, 0.25) is 0 Å². The molecule has 0 bridgehead atoms. The largest absolute Gasteiger partial charge is 0.497 e. The van der Waals surface area contributed by atoms with Crippen molar-refractivity contribution in [3.05, 3.63) is 29.8 Å². The molecule has 1 aromatic rings. The molecule has 0 radical (unpaired) electrons. The van der Waals surface area contributed by atoms with Gasteiger partial charge in [-0.1, -0.05) is 12.1 Å². The fourth-order valence-electron chi connectivity index (χ4n) is 3.42. The number of carbonyl (C=O) groups is 4. The molecule has 1 heterocycles. The molecule has 10 nitrogen and oxygen atoms in total. The Bertz CT molecular complexity index is 769. The zero-order chi connectivity index (χ0) is 21.8. The molecule has 1 fully saturated rings. The number of esters is 4. The van der Waals surface area contributed by atoms with Crippen LogP contribution in [0.15, 0.2) is 24.3 Å². The molecule has 158 valence electrons. The highest BCUT2D eigenvalue weighted by Crippen LogP contribution is 2.50. The predicted molar refractivity (Wildman–Crippen MR) is 94.6 cm³/mol. The average Bonchev–Trinajstić information content (AvgIpc) is 3.14. The predicted octanol–water partition coefficient (Wildman–Crippen LogP) is 0.430. The molecular weight excluding hydrogens is 388 g/mol. The molecule has 1 saturated heterocycles. The van der Waals surface area contributed by atoms with E-state index in [0.29, 0.717) is 11.3 Å². The van der Waals surface area contributed by atoms with E-state index >= 15 is 0 Å². The summed E-state index contributed by atoms with van der Waals surface area (Å²) in [5, 5.41) is 0. The van der Waals surface area contributed by atoms with Gasteiger partial charge >= 0.3 is 23.9 Å². The summed E-state index contributed by atoms with van der Waals surface area (Å²) in [6.07, 6.45) is -1.21. The Morgan fingerprint density at radius 2 is 1.31 bits per heavy atom. The topological polar surface area (TPSA) is 124 Å². The smallest absolute Gasteiger partial charge is 0.351 e. The van der Waals surface area contributed by atoms with E-state index in [4.69, 9.17) is 28.4 Å². The summed E-state index contributed by atoms with van der Waals surface area (Å²) in [4.78, 5) is 50.6. The molecule has 3 atom stereocenters. The molecule has 1 unspecified atom stereocenters. The first-order chi connectivity index (χ1) is 13.8. The van der Waals surface area contributed by atoms with Crippen molar-refractivity contribution in [1.29, 1.82) is 0 Å². The third-order valence-corrected chi connectivity index (χ3v) is 4.79. The van der Waals surface area contributed by atoms with E-state index in [-0.39, 0.29) is 0 Å². The van der Waals surface area contributed by atoms with Gasteiger partial charge < -0.3 is 28.4 Å². The zero-order valence-corrected chi connectivity index (χ0v) is 16.6. The van der Waals surface area contributed by atoms with Crippen LogP contribution in [0.4, 0.5) is 0 Å². The minimum absolute atomic E-state index is 0.393. The normalized spacial score (nSPS) is 22.3. The minimum Gasteiger partial charge on any atom is -0.497 e. The van der Waals surface area contributed by atoms with Crippen LogP contribution in [0.5, 0.6) is 5.75 Å². The van der Waals surface area contributed by atoms with Crippen LogP contribution < -0.4 is 4.74 Å². The van der Waals surface area contributed by atoms with Gasteiger partial charge in [0, 0.05) is 0 Å². The second-order valence-electron chi connectivity index (χ2n) is 6.08. The molecular formula is C19H22O10. The molecule has 0 amide bonds. The maximum absolute atomic E-state index is 12.7. The second-order valence-corrected chi connectivity index (χ2v) is 6.08. The molecule has 1 aromatic carbocycles. The Morgan fingerprint density at radius 1 is 0.793 bits per heavy atom. The van der Waals surface area contributed by atoms with Gasteiger partial charge in [-0.25, -0.2) is 9.59 Å². The lowest BCUT2D eigenvalue weighted by Gasteiger charge is -2.27. The lowest BCUT2D eigenvalue weighted by Crippen LogP contribution is -2.56. The highest BCUT2D eigenvalue weighted by Gasteiger charge is 2.71. The first kappa shape index (κ1) is 22.2. The van der Waals surface area contributed by atoms with E-state index in [1.54, 1.807) is 24.3 Å². The standard InChI is InChI=1S/C19H22O10/c1-24-11-8-6-10(7-9-11)14-12(15(20)25-2)13(16(21)26-3)19(29-14,17(22)27-4)18(23)28-5/h6-9,12-14H,1-5H3/t12-,13+,14?/m1/s1. The van der Waals surface area contributed by atoms with Crippen molar-refractivity contribution in [2.75, 3.05) is 35.5 Å². The monoisotopic (exact) mass is 410 g/mol. The first-order valence-corrected chi connectivity index (χ1v) is 8.46. The summed E-state index contributed by atoms with van der Waals surface area (Å²) in [6, 6.07) is 6.32. The summed E-state index contributed by atoms with van der Waals surface area (Å²) in [6.45, 7) is 0. The maximum Gasteiger partial charge on any atom is 0.351 e. The van der Waals surface area contributed by atoms with Gasteiger partial charge in [-0.05, 0) is 17.7 Å². The van der Waals surface area contributed by atoms with E-state index in [2.05, 4.69) is 0 Å². The Morgan fingerprint density at radius 3 is 1.72 bits per heavy atom. The van der Waals surface area contributed by atoms with Crippen LogP contribution in [0.1, 0.15) is 11.7 Å². The van der Waals surface area contributed by atoms with Crippen molar-refractivity contribution >= 4 is 23.9 Å². The van der Waals surface area contributed by atoms with Crippen LogP contribution in [0.3, 0.4) is 0 Å². The summed E-state index contributed by atoms with van der Waals surface area (Å²) in [5.41, 5.74) is -2.16. The zero-order valence-electron chi connectivity index (χ0n) is 16.6. The summed E-state index contributed by atoms with van der Waals surface area (Å²) in [5.74, 6) is -6.89. The number of methoxy groups -OCH3 is 5. The van der Waals surface area contributed by atoms with Gasteiger partial charge in [-0.3, -0.25) is 9.59 Å². The molecule has 0 spiro atoms. The molecule has 2 rings (SSSR count). The van der Waals surface area contributed by atoms with E-state index in [0.717, 1.165) is 28.4 Å². The Hall–Kier alpha value is -3.14. The van der Waals surface area contributed by atoms with Gasteiger partial charge in [0.1, 0.15) is 17.6 Å². The second kappa shape index (κ2) is 8.91. The SMILES string of the molecule is COC(=O)[C@@H]1[C@@H](C(=O)OC)C(c2ccc(OC)cc2)OC1(C(=O)OC)C(=O)OC. The molecule has 0 N–H and O–H groups in total. The highest BCUT2D eigenvalue weighted by atomic mass is 16.6. The quantitative estimate of drug-likeness (QED) is 0.370. The summed E-state index contributed by atoms with van der Waals surface area (Å²) in [7, 11) is 5.66. The van der Waals surface area contributed by atoms with E-state index in [9.17, 15) is 19.2 Å². The van der Waals surface area contributed by atoms with E-state index < -0.39 is 47.4 Å². The van der Waals surface area contributed by atoms with Crippen molar-refractivity contribution in [3.63, 3.8) is 0 Å². The van der Waals surface area contributed by atoms with Crippen molar-refractivity contribution < 1.29 is 47.6 Å². The molecule has 29 heavy (non-hydrogen) atoms. The first-order valence-electron chi connectivity index (χ1n) is 8.46. The highest BCUT2D eigenvalue weighted by molar-refractivity contribution is 6.09. The van der Waals surface area contributed by atoms with Crippen LogP contribution in [-0.4, -0.2) is 65.0 Å². The van der Waals surface area contributed by atoms with Crippen LogP contribution in [0, 0.1) is 11.8 Å². The van der Waals surface area contributed by atoms with E-state index in [1.807, 2.05) is 0 Å². The summed E-state index contributed by atoms with van der Waals surface area (Å²) >= 11 is 0. The minimum atomic E-state index is -2.56. The lowest BCUT2D eigenvalue weighted by molar-refractivity contribution is -0.194. The molecule has 1 aliphatic rings. The number of hydrogen-bond acceptors (Lipinski definition) is 10. The number of rotatable bonds is 6. The summed E-state index contributed by atoms with van der Waals surface area (Å²) < 4.78 is 29.9. The third kappa shape index (κ3) is 3.63. The van der Waals surface area contributed by atoms with Gasteiger partial charge in [-0.15, -0.1) is 0 Å². The average molecular weight is 410 g/mol. The van der Waals surface area contributed by atoms with Crippen molar-refractivity contribution in [2.24, 2.45) is 11.8 Å². The Labute approximate surface area is 166 Å². The molecule has 0 aromatic heterocycles. The fraction of sp³-hybridized carbons (Fsp3) is 0.474. The number of ether oxygens (including phenoxy) is 6. The third-order valence-electron chi connectivity index (χ3n) is 4.79. The van der Waals surface area contributed by atoms with Gasteiger partial charge in [0.15, 0.2) is 0 Å². The molecule has 0 saturated carbocycles. The number of hydrogen-bond donors (Lipinski definition) is 0. The van der Waals surface area contributed by atoms with Crippen LogP contribution in [0.25, 0.3) is 0 Å². The molecule has 0 aliphatic carbocycles. The number of carbonyl (C=O) groups excluding carboxylic acids is 4. The lowest BCUT2D eigenvalue weighted by atomic mass is 9.77. The molecule has 1 aliphatic heterocycles. The Kier molecular flexibility index (Phi) is 6.80. The van der Waals surface area contributed by atoms with E-state index in [1.165, 1.54) is 7.11 Å². The van der Waals surface area contributed by atoms with Crippen molar-refractivity contribution in [2.45, 2.75) is 11.7 Å². The van der Waals surface area contributed by atoms with Crippen LogP contribution in [0.2, 0.25) is 0 Å². The van der Waals surface area contributed by atoms with Gasteiger partial charge in [0.05, 0.1) is 41.7 Å². The van der Waals surface area contributed by atoms with Gasteiger partial charge in [0.25, 0.3) is 5.60 Å². The van der Waals surface area contributed by atoms with Crippen molar-refractivity contribution in [1.82, 2.24) is 0 Å². The Balaban J connectivity index is 2.73. The molecule has 10 heteroatoms. The van der Waals surface area contributed by atoms with Gasteiger partial charge in [-0.2, -0.15) is 0 Å². The number of benzene rings is 1.